The fourth-order valence-electron chi connectivity index (χ4n) is 3.45. The average molecular weight is 337 g/mol. The molecule has 0 unspecified atom stereocenters. The molecule has 0 atom stereocenters. The normalized spacial score (nSPS) is 18.0. The van der Waals surface area contributed by atoms with Crippen LogP contribution in [0.5, 0.6) is 0 Å². The van der Waals surface area contributed by atoms with Crippen molar-refractivity contribution in [3.8, 4) is 11.1 Å². The largest absolute Gasteiger partial charge is 0.404 e. The van der Waals surface area contributed by atoms with Crippen LogP contribution in [-0.4, -0.2) is 13.2 Å². The number of rotatable bonds is 3. The first-order chi connectivity index (χ1) is 12.2. The van der Waals surface area contributed by atoms with Crippen molar-refractivity contribution in [2.75, 3.05) is 18.5 Å². The summed E-state index contributed by atoms with van der Waals surface area (Å²) in [6.07, 6.45) is 3.37. The molecule has 1 fully saturated rings. The lowest BCUT2D eigenvalue weighted by Gasteiger charge is -2.25. The standard InChI is InChI=1S/C20H20FN3O/c21-14-1-3-15(4-2-14)24-20(12-5-7-25-8-6-12)19-16-9-13(11-22)18(23)10-17(16)19/h1-4,9-12,23-24H,5-8,22H2/b13-11?,20-19+,23-18?. The lowest BCUT2D eigenvalue weighted by atomic mass is 9.96. The highest BCUT2D eigenvalue weighted by molar-refractivity contribution is 5.88. The first kappa shape index (κ1) is 15.8. The Morgan fingerprint density at radius 3 is 2.52 bits per heavy atom. The molecule has 5 heteroatoms. The Kier molecular flexibility index (Phi) is 4.01. The van der Waals surface area contributed by atoms with Crippen LogP contribution in [0.3, 0.4) is 0 Å². The summed E-state index contributed by atoms with van der Waals surface area (Å²) in [5.41, 5.74) is 9.87. The summed E-state index contributed by atoms with van der Waals surface area (Å²) in [7, 11) is 0. The quantitative estimate of drug-likeness (QED) is 0.680. The predicted molar refractivity (Wildman–Crippen MR) is 96.2 cm³/mol. The van der Waals surface area contributed by atoms with E-state index in [-0.39, 0.29) is 5.82 Å². The third-order valence-corrected chi connectivity index (χ3v) is 4.87. The minimum Gasteiger partial charge on any atom is -0.404 e. The second kappa shape index (κ2) is 6.33. The molecule has 0 saturated carbocycles. The highest BCUT2D eigenvalue weighted by Gasteiger charge is 2.27. The molecule has 1 heterocycles. The first-order valence-corrected chi connectivity index (χ1v) is 8.47. The van der Waals surface area contributed by atoms with Gasteiger partial charge >= 0.3 is 0 Å². The van der Waals surface area contributed by atoms with Gasteiger partial charge in [-0.1, -0.05) is 0 Å². The van der Waals surface area contributed by atoms with Crippen molar-refractivity contribution in [3.63, 3.8) is 0 Å². The Morgan fingerprint density at radius 2 is 1.84 bits per heavy atom. The second-order valence-corrected chi connectivity index (χ2v) is 6.46. The molecule has 3 aliphatic rings. The van der Waals surface area contributed by atoms with Crippen LogP contribution in [0, 0.1) is 17.1 Å². The van der Waals surface area contributed by atoms with E-state index in [4.69, 9.17) is 15.9 Å². The zero-order chi connectivity index (χ0) is 17.4. The van der Waals surface area contributed by atoms with Gasteiger partial charge in [-0.05, 0) is 60.4 Å². The summed E-state index contributed by atoms with van der Waals surface area (Å²) in [6, 6.07) is 10.2. The van der Waals surface area contributed by atoms with Gasteiger partial charge in [0.25, 0.3) is 0 Å². The van der Waals surface area contributed by atoms with Crippen molar-refractivity contribution < 1.29 is 9.13 Å². The van der Waals surface area contributed by atoms with Crippen molar-refractivity contribution >= 4 is 17.6 Å². The van der Waals surface area contributed by atoms with Gasteiger partial charge in [0.15, 0.2) is 0 Å². The van der Waals surface area contributed by atoms with Crippen LogP contribution in [0.15, 0.2) is 36.4 Å². The highest BCUT2D eigenvalue weighted by Crippen LogP contribution is 2.30. The number of ether oxygens (including phenoxy) is 1. The van der Waals surface area contributed by atoms with Gasteiger partial charge in [-0.25, -0.2) is 4.39 Å². The number of nitrogens with one attached hydrogen (secondary N) is 2. The number of fused-ring (bicyclic) bond motifs is 1. The number of hydrogen-bond acceptors (Lipinski definition) is 4. The molecule has 4 rings (SSSR count). The molecular weight excluding hydrogens is 317 g/mol. The Hall–Kier alpha value is -2.66. The van der Waals surface area contributed by atoms with E-state index in [0.29, 0.717) is 11.3 Å². The van der Waals surface area contributed by atoms with Crippen LogP contribution >= 0.6 is 0 Å². The van der Waals surface area contributed by atoms with Crippen LogP contribution in [0.2, 0.25) is 0 Å². The minimum absolute atomic E-state index is 0.248. The van der Waals surface area contributed by atoms with E-state index in [2.05, 4.69) is 5.32 Å². The predicted octanol–water partition coefficient (Wildman–Crippen LogP) is 1.63. The van der Waals surface area contributed by atoms with Crippen LogP contribution in [0.4, 0.5) is 10.1 Å². The van der Waals surface area contributed by atoms with Crippen molar-refractivity contribution in [3.05, 3.63) is 58.0 Å². The van der Waals surface area contributed by atoms with E-state index in [1.54, 1.807) is 12.1 Å². The molecule has 4 nitrogen and oxygen atoms in total. The zero-order valence-electron chi connectivity index (χ0n) is 13.8. The summed E-state index contributed by atoms with van der Waals surface area (Å²) in [6.45, 7) is 1.49. The van der Waals surface area contributed by atoms with Crippen molar-refractivity contribution in [2.24, 2.45) is 11.7 Å². The number of halogens is 1. The SMILES string of the molecule is N=c1cc2/c(=C(/Nc3ccc(F)cc3)C3CCOCC3)c-2cc1=CN. The summed E-state index contributed by atoms with van der Waals surface area (Å²) in [5.74, 6) is 0.114. The number of nitrogens with two attached hydrogens (primary N) is 1. The van der Waals surface area contributed by atoms with E-state index < -0.39 is 0 Å². The summed E-state index contributed by atoms with van der Waals surface area (Å²) in [5, 5.41) is 13.9. The fourth-order valence-corrected chi connectivity index (χ4v) is 3.45. The van der Waals surface area contributed by atoms with Gasteiger partial charge in [0.1, 0.15) is 5.82 Å². The van der Waals surface area contributed by atoms with Gasteiger partial charge in [0.2, 0.25) is 0 Å². The topological polar surface area (TPSA) is 71.1 Å². The summed E-state index contributed by atoms with van der Waals surface area (Å²) < 4.78 is 18.7. The summed E-state index contributed by atoms with van der Waals surface area (Å²) >= 11 is 0. The molecule has 2 aliphatic carbocycles. The smallest absolute Gasteiger partial charge is 0.123 e. The van der Waals surface area contributed by atoms with Gasteiger partial charge in [-0.2, -0.15) is 0 Å². The highest BCUT2D eigenvalue weighted by atomic mass is 19.1. The number of anilines is 1. The molecule has 1 aromatic rings. The molecular formula is C20H20FN3O. The molecule has 128 valence electrons. The second-order valence-electron chi connectivity index (χ2n) is 6.46. The zero-order valence-corrected chi connectivity index (χ0v) is 13.8. The molecule has 4 N–H and O–H groups in total. The van der Waals surface area contributed by atoms with Crippen LogP contribution in [-0.2, 0) is 4.74 Å². The van der Waals surface area contributed by atoms with Crippen LogP contribution in [0.25, 0.3) is 23.0 Å². The molecule has 1 aromatic carbocycles. The molecule has 0 aromatic heterocycles. The fraction of sp³-hybridized carbons (Fsp3) is 0.250. The number of benzene rings is 2. The average Bonchev–Trinajstić information content (AvgIpc) is 3.33. The van der Waals surface area contributed by atoms with Gasteiger partial charge in [-0.3, -0.25) is 0 Å². The lowest BCUT2D eigenvalue weighted by molar-refractivity contribution is 0.0805. The van der Waals surface area contributed by atoms with Crippen LogP contribution < -0.4 is 26.8 Å². The molecule has 25 heavy (non-hydrogen) atoms. The van der Waals surface area contributed by atoms with Crippen molar-refractivity contribution in [2.45, 2.75) is 12.8 Å². The monoisotopic (exact) mass is 337 g/mol. The molecule has 0 radical (unpaired) electrons. The Labute approximate surface area is 145 Å². The molecule has 0 bridgehead atoms. The minimum atomic E-state index is -0.248. The lowest BCUT2D eigenvalue weighted by Crippen LogP contribution is -2.23. The Bertz CT molecular complexity index is 993. The third kappa shape index (κ3) is 3.03. The van der Waals surface area contributed by atoms with Crippen molar-refractivity contribution in [1.29, 1.82) is 5.41 Å². The number of hydrogen-bond donors (Lipinski definition) is 3. The maximum absolute atomic E-state index is 13.2. The first-order valence-electron chi connectivity index (χ1n) is 8.47. The third-order valence-electron chi connectivity index (χ3n) is 4.87. The van der Waals surface area contributed by atoms with E-state index >= 15 is 0 Å². The Balaban J connectivity index is 1.83. The molecule has 0 amide bonds. The Morgan fingerprint density at radius 1 is 1.16 bits per heavy atom. The van der Waals surface area contributed by atoms with Gasteiger partial charge in [0, 0.05) is 47.2 Å². The summed E-state index contributed by atoms with van der Waals surface area (Å²) in [4.78, 5) is 0. The van der Waals surface area contributed by atoms with E-state index in [1.807, 2.05) is 12.1 Å². The van der Waals surface area contributed by atoms with Gasteiger partial charge in [-0.15, -0.1) is 0 Å². The molecule has 1 saturated heterocycles. The van der Waals surface area contributed by atoms with Gasteiger partial charge < -0.3 is 21.2 Å². The van der Waals surface area contributed by atoms with Crippen LogP contribution in [0.1, 0.15) is 12.8 Å². The van der Waals surface area contributed by atoms with E-state index in [0.717, 1.165) is 59.0 Å². The molecule has 0 spiro atoms. The van der Waals surface area contributed by atoms with Gasteiger partial charge in [0.05, 0.1) is 5.36 Å². The molecule has 1 aliphatic heterocycles. The maximum Gasteiger partial charge on any atom is 0.123 e. The van der Waals surface area contributed by atoms with E-state index in [9.17, 15) is 4.39 Å². The van der Waals surface area contributed by atoms with Crippen molar-refractivity contribution in [1.82, 2.24) is 0 Å². The van der Waals surface area contributed by atoms with E-state index in [1.165, 1.54) is 18.3 Å². The maximum atomic E-state index is 13.2.